The summed E-state index contributed by atoms with van der Waals surface area (Å²) < 4.78 is 9.00. The van der Waals surface area contributed by atoms with Crippen molar-refractivity contribution in [3.63, 3.8) is 0 Å². The molecule has 1 amide bonds. The maximum atomic E-state index is 12.2. The van der Waals surface area contributed by atoms with Crippen molar-refractivity contribution in [1.82, 2.24) is 9.88 Å². The molecule has 1 aromatic heterocycles. The Labute approximate surface area is 130 Å². The SMILES string of the molecule is COC(=O)CN(CC(=O)OC)C(=O)Cc1nc(CCl)cs1. The third kappa shape index (κ3) is 5.68. The van der Waals surface area contributed by atoms with Crippen LogP contribution in [-0.4, -0.2) is 55.0 Å². The second-order valence-electron chi connectivity index (χ2n) is 3.95. The number of rotatable bonds is 7. The van der Waals surface area contributed by atoms with Crippen LogP contribution in [0.15, 0.2) is 5.38 Å². The summed E-state index contributed by atoms with van der Waals surface area (Å²) in [4.78, 5) is 40.0. The normalized spacial score (nSPS) is 10.0. The van der Waals surface area contributed by atoms with Gasteiger partial charge in [-0.2, -0.15) is 0 Å². The van der Waals surface area contributed by atoms with E-state index in [0.717, 1.165) is 4.90 Å². The summed E-state index contributed by atoms with van der Waals surface area (Å²) in [6.07, 6.45) is -0.0183. The molecule has 0 saturated carbocycles. The minimum absolute atomic E-state index is 0.0183. The summed E-state index contributed by atoms with van der Waals surface area (Å²) in [5, 5.41) is 2.32. The molecule has 116 valence electrons. The molecule has 1 heterocycles. The van der Waals surface area contributed by atoms with Crippen LogP contribution < -0.4 is 0 Å². The fraction of sp³-hybridized carbons (Fsp3) is 0.500. The average molecular weight is 335 g/mol. The fourth-order valence-corrected chi connectivity index (χ4v) is 2.42. The van der Waals surface area contributed by atoms with E-state index in [0.29, 0.717) is 10.7 Å². The summed E-state index contributed by atoms with van der Waals surface area (Å²) in [6, 6.07) is 0. The number of methoxy groups -OCH3 is 2. The summed E-state index contributed by atoms with van der Waals surface area (Å²) in [6.45, 7) is -0.643. The highest BCUT2D eigenvalue weighted by atomic mass is 35.5. The van der Waals surface area contributed by atoms with Gasteiger partial charge in [-0.25, -0.2) is 4.98 Å². The van der Waals surface area contributed by atoms with Crippen molar-refractivity contribution in [2.24, 2.45) is 0 Å². The maximum absolute atomic E-state index is 12.2. The predicted octanol–water partition coefficient (Wildman–Crippen LogP) is 0.599. The number of hydrogen-bond acceptors (Lipinski definition) is 7. The second-order valence-corrected chi connectivity index (χ2v) is 5.15. The Balaban J connectivity index is 2.73. The predicted molar refractivity (Wildman–Crippen MR) is 76.0 cm³/mol. The maximum Gasteiger partial charge on any atom is 0.325 e. The quantitative estimate of drug-likeness (QED) is 0.536. The van der Waals surface area contributed by atoms with Gasteiger partial charge in [0.25, 0.3) is 0 Å². The van der Waals surface area contributed by atoms with E-state index in [2.05, 4.69) is 14.5 Å². The van der Waals surface area contributed by atoms with Crippen LogP contribution in [-0.2, 0) is 36.2 Å². The number of ether oxygens (including phenoxy) is 2. The molecular formula is C12H15ClN2O5S. The second kappa shape index (κ2) is 8.58. The zero-order valence-electron chi connectivity index (χ0n) is 11.6. The van der Waals surface area contributed by atoms with Crippen LogP contribution in [0.5, 0.6) is 0 Å². The lowest BCUT2D eigenvalue weighted by Gasteiger charge is -2.19. The lowest BCUT2D eigenvalue weighted by molar-refractivity contribution is -0.151. The van der Waals surface area contributed by atoms with Gasteiger partial charge in [0.15, 0.2) is 0 Å². The highest BCUT2D eigenvalue weighted by Gasteiger charge is 2.22. The Hall–Kier alpha value is -1.67. The molecule has 0 N–H and O–H groups in total. The smallest absolute Gasteiger partial charge is 0.325 e. The van der Waals surface area contributed by atoms with Crippen molar-refractivity contribution in [3.05, 3.63) is 16.1 Å². The van der Waals surface area contributed by atoms with Crippen LogP contribution >= 0.6 is 22.9 Å². The number of aromatic nitrogens is 1. The van der Waals surface area contributed by atoms with E-state index in [1.165, 1.54) is 25.6 Å². The monoisotopic (exact) mass is 334 g/mol. The summed E-state index contributed by atoms with van der Waals surface area (Å²) >= 11 is 6.93. The molecule has 21 heavy (non-hydrogen) atoms. The standard InChI is InChI=1S/C12H15ClN2O5S/c1-19-11(17)5-15(6-12(18)20-2)10(16)3-9-14-8(4-13)7-21-9/h7H,3-6H2,1-2H3. The molecule has 0 radical (unpaired) electrons. The van der Waals surface area contributed by atoms with E-state index < -0.39 is 17.8 Å². The minimum atomic E-state index is -0.618. The van der Waals surface area contributed by atoms with Crippen molar-refractivity contribution in [2.45, 2.75) is 12.3 Å². The van der Waals surface area contributed by atoms with E-state index >= 15 is 0 Å². The third-order valence-electron chi connectivity index (χ3n) is 2.49. The van der Waals surface area contributed by atoms with E-state index in [1.54, 1.807) is 5.38 Å². The van der Waals surface area contributed by atoms with Gasteiger partial charge in [-0.1, -0.05) is 0 Å². The lowest BCUT2D eigenvalue weighted by atomic mass is 10.3. The van der Waals surface area contributed by atoms with Crippen LogP contribution in [0.3, 0.4) is 0 Å². The van der Waals surface area contributed by atoms with Gasteiger partial charge >= 0.3 is 11.9 Å². The molecule has 9 heteroatoms. The minimum Gasteiger partial charge on any atom is -0.468 e. The number of alkyl halides is 1. The Morgan fingerprint density at radius 3 is 2.24 bits per heavy atom. The first-order valence-corrected chi connectivity index (χ1v) is 7.32. The van der Waals surface area contributed by atoms with Gasteiger partial charge in [0.05, 0.1) is 32.2 Å². The van der Waals surface area contributed by atoms with Crippen LogP contribution in [0.25, 0.3) is 0 Å². The van der Waals surface area contributed by atoms with Gasteiger partial charge in [-0.3, -0.25) is 14.4 Å². The van der Waals surface area contributed by atoms with Crippen LogP contribution in [0, 0.1) is 0 Å². The van der Waals surface area contributed by atoms with Gasteiger partial charge < -0.3 is 14.4 Å². The molecule has 0 aromatic carbocycles. The number of carbonyl (C=O) groups is 3. The largest absolute Gasteiger partial charge is 0.468 e. The van der Waals surface area contributed by atoms with Gasteiger partial charge in [0.2, 0.25) is 5.91 Å². The van der Waals surface area contributed by atoms with Crippen molar-refractivity contribution >= 4 is 40.8 Å². The first-order valence-electron chi connectivity index (χ1n) is 5.90. The Morgan fingerprint density at radius 2 is 1.81 bits per heavy atom. The van der Waals surface area contributed by atoms with Crippen LogP contribution in [0.4, 0.5) is 0 Å². The number of esters is 2. The molecule has 0 unspecified atom stereocenters. The molecular weight excluding hydrogens is 320 g/mol. The van der Waals surface area contributed by atoms with Crippen molar-refractivity contribution in [2.75, 3.05) is 27.3 Å². The van der Waals surface area contributed by atoms with E-state index in [1.807, 2.05) is 0 Å². The van der Waals surface area contributed by atoms with Gasteiger partial charge in [0.1, 0.15) is 18.1 Å². The fourth-order valence-electron chi connectivity index (χ4n) is 1.41. The Kier molecular flexibility index (Phi) is 7.10. The summed E-state index contributed by atoms with van der Waals surface area (Å²) in [5.41, 5.74) is 0.678. The molecule has 0 bridgehead atoms. The molecule has 1 rings (SSSR count). The first-order chi connectivity index (χ1) is 9.99. The van der Waals surface area contributed by atoms with Gasteiger partial charge in [-0.05, 0) is 0 Å². The van der Waals surface area contributed by atoms with Crippen molar-refractivity contribution < 1.29 is 23.9 Å². The van der Waals surface area contributed by atoms with Crippen LogP contribution in [0.1, 0.15) is 10.7 Å². The Bertz CT molecular complexity index is 502. The topological polar surface area (TPSA) is 85.8 Å². The first kappa shape index (κ1) is 17.4. The van der Waals surface area contributed by atoms with Crippen molar-refractivity contribution in [1.29, 1.82) is 0 Å². The molecule has 0 spiro atoms. The molecule has 0 fully saturated rings. The summed E-state index contributed by atoms with van der Waals surface area (Å²) in [5.74, 6) is -1.39. The number of hydrogen-bond donors (Lipinski definition) is 0. The van der Waals surface area contributed by atoms with Crippen LogP contribution in [0.2, 0.25) is 0 Å². The molecule has 0 aliphatic heterocycles. The molecule has 0 saturated heterocycles. The van der Waals surface area contributed by atoms with Gasteiger partial charge in [0, 0.05) is 5.38 Å². The van der Waals surface area contributed by atoms with Crippen molar-refractivity contribution in [3.8, 4) is 0 Å². The highest BCUT2D eigenvalue weighted by molar-refractivity contribution is 7.09. The zero-order chi connectivity index (χ0) is 15.8. The molecule has 0 atom stereocenters. The molecule has 1 aromatic rings. The number of thiazole rings is 1. The number of carbonyl (C=O) groups excluding carboxylic acids is 3. The van der Waals surface area contributed by atoms with E-state index in [-0.39, 0.29) is 25.4 Å². The number of halogens is 1. The third-order valence-corrected chi connectivity index (χ3v) is 3.66. The number of amides is 1. The van der Waals surface area contributed by atoms with E-state index in [4.69, 9.17) is 11.6 Å². The molecule has 0 aliphatic rings. The summed E-state index contributed by atoms with van der Waals surface area (Å²) in [7, 11) is 2.41. The highest BCUT2D eigenvalue weighted by Crippen LogP contribution is 2.13. The lowest BCUT2D eigenvalue weighted by Crippen LogP contribution is -2.41. The zero-order valence-corrected chi connectivity index (χ0v) is 13.2. The Morgan fingerprint density at radius 1 is 1.24 bits per heavy atom. The van der Waals surface area contributed by atoms with Gasteiger partial charge in [-0.15, -0.1) is 22.9 Å². The number of nitrogens with zero attached hydrogens (tertiary/aromatic N) is 2. The van der Waals surface area contributed by atoms with E-state index in [9.17, 15) is 14.4 Å². The molecule has 7 nitrogen and oxygen atoms in total. The molecule has 0 aliphatic carbocycles. The average Bonchev–Trinajstić information content (AvgIpc) is 2.93.